The van der Waals surface area contributed by atoms with E-state index in [4.69, 9.17) is 10.00 Å². The average molecular weight is 1010 g/mol. The predicted octanol–water partition coefficient (Wildman–Crippen LogP) is 4.64. The number of alkyl halides is 5. The van der Waals surface area contributed by atoms with Gasteiger partial charge in [0.15, 0.2) is 5.69 Å². The number of nitrogens with zero attached hydrogens (tertiary/aromatic N) is 7. The van der Waals surface area contributed by atoms with E-state index in [2.05, 4.69) is 14.7 Å². The van der Waals surface area contributed by atoms with Crippen LogP contribution in [0.3, 0.4) is 0 Å². The van der Waals surface area contributed by atoms with Crippen molar-refractivity contribution in [3.8, 4) is 18.2 Å². The molecule has 368 valence electrons. The van der Waals surface area contributed by atoms with Crippen LogP contribution >= 0.6 is 0 Å². The first-order valence-corrected chi connectivity index (χ1v) is 24.0. The van der Waals surface area contributed by atoms with Crippen molar-refractivity contribution in [1.29, 1.82) is 15.8 Å². The molecule has 2 fully saturated rings. The molecule has 0 saturated carbocycles. The molecule has 26 heteroatoms. The number of carbonyl (C=O) groups is 4. The lowest BCUT2D eigenvalue weighted by molar-refractivity contribution is -0.141. The minimum atomic E-state index is -5.03. The molecule has 2 aliphatic rings. The number of anilines is 2. The summed E-state index contributed by atoms with van der Waals surface area (Å²) in [6, 6.07) is 21.5. The molecule has 4 heterocycles. The van der Waals surface area contributed by atoms with Gasteiger partial charge < -0.3 is 19.3 Å². The Hall–Kier alpha value is -7.76. The molecule has 6 rings (SSSR count). The number of hydrogen-bond donors (Lipinski definition) is 2. The van der Waals surface area contributed by atoms with Crippen LogP contribution in [0.15, 0.2) is 66.7 Å². The maximum absolute atomic E-state index is 13.6. The maximum atomic E-state index is 13.6. The summed E-state index contributed by atoms with van der Waals surface area (Å²) >= 11 is 0. The van der Waals surface area contributed by atoms with Crippen molar-refractivity contribution in [2.24, 2.45) is 11.8 Å². The largest absolute Gasteiger partial charge is 0.462 e. The van der Waals surface area contributed by atoms with E-state index in [0.29, 0.717) is 5.56 Å². The first-order chi connectivity index (χ1) is 33.0. The summed E-state index contributed by atoms with van der Waals surface area (Å²) < 4.78 is 130. The number of esters is 2. The number of rotatable bonds is 16. The number of carbonyl (C=O) groups excluding carboxylic acids is 4. The zero-order valence-corrected chi connectivity index (χ0v) is 38.5. The van der Waals surface area contributed by atoms with Crippen LogP contribution in [0.25, 0.3) is 0 Å². The standard InChI is InChI=1S/C22H18F3N5O5S.C22H22F2N4O5S/c1-2-35-21(32)17-7-15(9-27)19(28-18(17)22(23,24)25)30-10-16(11-30)20(31)29-36(33,34)12-14-6-4-3-5-13(14)8-26;1-2-33-22(30)17-9-16(10-25)21(26-19(17)20(23)24)28-11-15(12-28)8-18(29)27-34(31,32)13-14-6-4-3-5-7-14/h3-7,16H,2,10-12H2,1H3,(H,29,31);3-7,9,15,20H,2,8,11-13H2,1H3,(H,27,29). The van der Waals surface area contributed by atoms with Gasteiger partial charge in [0.25, 0.3) is 6.43 Å². The van der Waals surface area contributed by atoms with Crippen LogP contribution in [0.1, 0.15) is 86.6 Å². The molecule has 19 nitrogen and oxygen atoms in total. The summed E-state index contributed by atoms with van der Waals surface area (Å²) in [5, 5.41) is 27.9. The molecule has 0 spiro atoms. The number of amides is 2. The summed E-state index contributed by atoms with van der Waals surface area (Å²) in [5.74, 6) is -6.42. The molecule has 2 N–H and O–H groups in total. The van der Waals surface area contributed by atoms with E-state index < -0.39 is 96.4 Å². The number of benzene rings is 2. The number of aromatic nitrogens is 2. The zero-order valence-electron chi connectivity index (χ0n) is 36.9. The van der Waals surface area contributed by atoms with Crippen molar-refractivity contribution in [3.05, 3.63) is 117 Å². The number of pyridine rings is 2. The minimum Gasteiger partial charge on any atom is -0.462 e. The molecule has 0 radical (unpaired) electrons. The highest BCUT2D eigenvalue weighted by Crippen LogP contribution is 2.36. The first-order valence-electron chi connectivity index (χ1n) is 20.7. The second kappa shape index (κ2) is 22.6. The predicted molar refractivity (Wildman–Crippen MR) is 235 cm³/mol. The van der Waals surface area contributed by atoms with Gasteiger partial charge in [-0.3, -0.25) is 19.0 Å². The van der Waals surface area contributed by atoms with E-state index in [9.17, 15) is 68.5 Å². The van der Waals surface area contributed by atoms with Gasteiger partial charge in [-0.05, 0) is 43.2 Å². The van der Waals surface area contributed by atoms with Gasteiger partial charge in [-0.15, -0.1) is 0 Å². The van der Waals surface area contributed by atoms with E-state index in [-0.39, 0.29) is 85.6 Å². The lowest BCUT2D eigenvalue weighted by Gasteiger charge is -2.40. The number of nitrogens with one attached hydrogen (secondary N) is 2. The van der Waals surface area contributed by atoms with Crippen molar-refractivity contribution in [3.63, 3.8) is 0 Å². The van der Waals surface area contributed by atoms with Crippen LogP contribution in [0.2, 0.25) is 0 Å². The third kappa shape index (κ3) is 13.5. The Labute approximate surface area is 397 Å². The second-order valence-corrected chi connectivity index (χ2v) is 18.8. The van der Waals surface area contributed by atoms with Crippen molar-refractivity contribution >= 4 is 55.4 Å². The molecule has 2 amide bonds. The van der Waals surface area contributed by atoms with E-state index in [1.807, 2.05) is 21.6 Å². The maximum Gasteiger partial charge on any atom is 0.434 e. The number of halogens is 5. The summed E-state index contributed by atoms with van der Waals surface area (Å²) in [6.07, 6.45) is -8.20. The second-order valence-electron chi connectivity index (χ2n) is 15.4. The molecule has 2 aromatic carbocycles. The Balaban J connectivity index is 0.000000261. The fourth-order valence-electron chi connectivity index (χ4n) is 7.02. The lowest BCUT2D eigenvalue weighted by atomic mass is 9.95. The third-order valence-corrected chi connectivity index (χ3v) is 12.7. The van der Waals surface area contributed by atoms with Gasteiger partial charge in [-0.2, -0.15) is 29.0 Å². The molecule has 0 aliphatic carbocycles. The van der Waals surface area contributed by atoms with Crippen LogP contribution in [0.4, 0.5) is 33.6 Å². The van der Waals surface area contributed by atoms with E-state index in [1.165, 1.54) is 35.8 Å². The lowest BCUT2D eigenvalue weighted by Crippen LogP contribution is -2.55. The van der Waals surface area contributed by atoms with Crippen molar-refractivity contribution in [2.75, 3.05) is 49.2 Å². The molecule has 70 heavy (non-hydrogen) atoms. The number of nitriles is 3. The molecular weight excluding hydrogens is 974 g/mol. The third-order valence-electron chi connectivity index (χ3n) is 10.2. The first kappa shape index (κ1) is 53.2. The van der Waals surface area contributed by atoms with Crippen LogP contribution in [0.5, 0.6) is 0 Å². The van der Waals surface area contributed by atoms with Crippen molar-refractivity contribution in [2.45, 2.75) is 44.4 Å². The normalized spacial score (nSPS) is 13.8. The number of ether oxygens (including phenoxy) is 2. The van der Waals surface area contributed by atoms with E-state index in [1.54, 1.807) is 48.5 Å². The topological polar surface area (TPSA) is 283 Å². The highest BCUT2D eigenvalue weighted by molar-refractivity contribution is 7.89. The Morgan fingerprint density at radius 2 is 1.24 bits per heavy atom. The number of sulfonamides is 2. The van der Waals surface area contributed by atoms with Crippen molar-refractivity contribution < 1.29 is 67.4 Å². The average Bonchev–Trinajstić information content (AvgIpc) is 3.26. The van der Waals surface area contributed by atoms with E-state index in [0.717, 1.165) is 12.1 Å². The number of hydrogen-bond acceptors (Lipinski definition) is 17. The van der Waals surface area contributed by atoms with Gasteiger partial charge in [0, 0.05) is 38.5 Å². The van der Waals surface area contributed by atoms with Crippen LogP contribution < -0.4 is 19.2 Å². The smallest absolute Gasteiger partial charge is 0.434 e. The quantitative estimate of drug-likeness (QED) is 0.114. The zero-order chi connectivity index (χ0) is 51.6. The monoisotopic (exact) mass is 1010 g/mol. The van der Waals surface area contributed by atoms with Gasteiger partial charge in [-0.1, -0.05) is 48.5 Å². The highest BCUT2D eigenvalue weighted by Gasteiger charge is 2.42. The highest BCUT2D eigenvalue weighted by atomic mass is 32.2. The van der Waals surface area contributed by atoms with Crippen LogP contribution in [0, 0.1) is 45.8 Å². The summed E-state index contributed by atoms with van der Waals surface area (Å²) in [7, 11) is -8.04. The van der Waals surface area contributed by atoms with Gasteiger partial charge >= 0.3 is 18.1 Å². The Morgan fingerprint density at radius 3 is 1.80 bits per heavy atom. The SMILES string of the molecule is CCOC(=O)c1cc(C#N)c(N2CC(C(=O)NS(=O)(=O)Cc3ccccc3C#N)C2)nc1C(F)(F)F.CCOC(=O)c1cc(C#N)c(N2CC(CC(=O)NS(=O)(=O)Cc3ccccc3)C2)nc1C(F)F. The van der Waals surface area contributed by atoms with Crippen molar-refractivity contribution in [1.82, 2.24) is 19.4 Å². The fourth-order valence-corrected chi connectivity index (χ4v) is 9.36. The molecule has 2 aromatic heterocycles. The van der Waals surface area contributed by atoms with Gasteiger partial charge in [0.05, 0.1) is 64.5 Å². The summed E-state index contributed by atoms with van der Waals surface area (Å²) in [4.78, 5) is 58.7. The molecule has 2 saturated heterocycles. The van der Waals surface area contributed by atoms with Gasteiger partial charge in [0.2, 0.25) is 31.9 Å². The van der Waals surface area contributed by atoms with Crippen LogP contribution in [-0.2, 0) is 56.8 Å². The molecular formula is C44H40F5N9O10S2. The summed E-state index contributed by atoms with van der Waals surface area (Å²) in [6.45, 7) is 2.70. The fraction of sp³-hybridized carbons (Fsp3) is 0.341. The molecule has 2 aliphatic heterocycles. The van der Waals surface area contributed by atoms with Gasteiger partial charge in [0.1, 0.15) is 29.5 Å². The Kier molecular flexibility index (Phi) is 17.1. The minimum absolute atomic E-state index is 0.0257. The van der Waals surface area contributed by atoms with Gasteiger partial charge in [-0.25, -0.2) is 45.2 Å². The summed E-state index contributed by atoms with van der Waals surface area (Å²) in [5.41, 5.74) is -3.28. The Bertz CT molecular complexity index is 3000. The molecule has 0 bridgehead atoms. The van der Waals surface area contributed by atoms with Crippen LogP contribution in [-0.4, -0.2) is 89.9 Å². The Morgan fingerprint density at radius 1 is 0.729 bits per heavy atom. The molecule has 0 unspecified atom stereocenters. The van der Waals surface area contributed by atoms with E-state index >= 15 is 0 Å². The molecule has 4 aromatic rings. The molecule has 0 atom stereocenters.